The highest BCUT2D eigenvalue weighted by atomic mass is 16.5. The molecule has 47 heavy (non-hydrogen) atoms. The Bertz CT molecular complexity index is 1100. The Morgan fingerprint density at radius 2 is 1.49 bits per heavy atom. The SMILES string of the molecule is CC(C)(CCC(C)(C)c1ccc(OC2CC(N)C2)nc1)N[C@H]1CCN(CCOC(C)(C)CCC(C)(C)N2CCN(C(C)(C)C)CC2)C1. The molecule has 1 atom stereocenters. The molecule has 1 aromatic rings. The average Bonchev–Trinajstić information content (AvgIpc) is 3.40. The van der Waals surface area contributed by atoms with Crippen LogP contribution in [0.3, 0.4) is 0 Å². The molecule has 270 valence electrons. The van der Waals surface area contributed by atoms with Crippen LogP contribution in [0.25, 0.3) is 0 Å². The normalized spacial score (nSPS) is 24.5. The lowest BCUT2D eigenvalue weighted by Gasteiger charge is -2.48. The number of hydrogen-bond acceptors (Lipinski definition) is 8. The summed E-state index contributed by atoms with van der Waals surface area (Å²) in [6, 6.07) is 5.03. The molecule has 3 heterocycles. The van der Waals surface area contributed by atoms with Crippen LogP contribution in [-0.4, -0.2) is 113 Å². The number of hydrogen-bond donors (Lipinski definition) is 2. The van der Waals surface area contributed by atoms with Crippen LogP contribution in [0.2, 0.25) is 0 Å². The fraction of sp³-hybridized carbons (Fsp3) is 0.872. The van der Waals surface area contributed by atoms with Gasteiger partial charge in [-0.05, 0) is 125 Å². The lowest BCUT2D eigenvalue weighted by molar-refractivity contribution is -0.0462. The number of piperazine rings is 1. The molecule has 8 heteroatoms. The highest BCUT2D eigenvalue weighted by molar-refractivity contribution is 5.25. The molecule has 2 saturated heterocycles. The van der Waals surface area contributed by atoms with Crippen molar-refractivity contribution < 1.29 is 9.47 Å². The van der Waals surface area contributed by atoms with Crippen molar-refractivity contribution in [1.29, 1.82) is 0 Å². The van der Waals surface area contributed by atoms with Crippen LogP contribution in [0.15, 0.2) is 18.3 Å². The van der Waals surface area contributed by atoms with Crippen LogP contribution in [0, 0.1) is 0 Å². The number of likely N-dealkylation sites (tertiary alicyclic amines) is 1. The molecule has 0 amide bonds. The zero-order chi connectivity index (χ0) is 34.7. The lowest BCUT2D eigenvalue weighted by Crippen LogP contribution is -2.58. The Balaban J connectivity index is 1.13. The monoisotopic (exact) mass is 657 g/mol. The van der Waals surface area contributed by atoms with E-state index in [2.05, 4.69) is 107 Å². The third kappa shape index (κ3) is 11.6. The second kappa shape index (κ2) is 15.3. The minimum atomic E-state index is -0.107. The molecular formula is C39H72N6O2. The van der Waals surface area contributed by atoms with E-state index in [1.54, 1.807) is 0 Å². The Morgan fingerprint density at radius 1 is 0.830 bits per heavy atom. The molecule has 1 saturated carbocycles. The van der Waals surface area contributed by atoms with Crippen molar-refractivity contribution in [1.82, 2.24) is 25.0 Å². The summed E-state index contributed by atoms with van der Waals surface area (Å²) >= 11 is 0. The molecule has 0 radical (unpaired) electrons. The van der Waals surface area contributed by atoms with E-state index in [0.717, 1.165) is 90.9 Å². The van der Waals surface area contributed by atoms with Crippen molar-refractivity contribution in [3.63, 3.8) is 0 Å². The van der Waals surface area contributed by atoms with Crippen molar-refractivity contribution in [2.45, 2.75) is 167 Å². The van der Waals surface area contributed by atoms with Crippen molar-refractivity contribution in [2.24, 2.45) is 5.73 Å². The Hall–Kier alpha value is -1.29. The molecule has 1 aliphatic carbocycles. The maximum atomic E-state index is 6.52. The van der Waals surface area contributed by atoms with Crippen LogP contribution in [0.1, 0.15) is 127 Å². The Kier molecular flexibility index (Phi) is 12.5. The summed E-state index contributed by atoms with van der Waals surface area (Å²) in [6.45, 7) is 34.5. The fourth-order valence-corrected chi connectivity index (χ4v) is 7.54. The van der Waals surface area contributed by atoms with E-state index in [1.165, 1.54) is 12.0 Å². The first-order valence-electron chi connectivity index (χ1n) is 18.8. The van der Waals surface area contributed by atoms with Gasteiger partial charge in [-0.2, -0.15) is 0 Å². The second-order valence-electron chi connectivity index (χ2n) is 18.6. The molecular weight excluding hydrogens is 584 g/mol. The highest BCUT2D eigenvalue weighted by Crippen LogP contribution is 2.33. The summed E-state index contributed by atoms with van der Waals surface area (Å²) in [7, 11) is 0. The first kappa shape index (κ1) is 38.5. The molecule has 1 aromatic heterocycles. The average molecular weight is 657 g/mol. The van der Waals surface area contributed by atoms with Gasteiger partial charge < -0.3 is 20.5 Å². The summed E-state index contributed by atoms with van der Waals surface area (Å²) in [4.78, 5) is 12.5. The van der Waals surface area contributed by atoms with Gasteiger partial charge in [-0.15, -0.1) is 0 Å². The molecule has 3 N–H and O–H groups in total. The van der Waals surface area contributed by atoms with Gasteiger partial charge >= 0.3 is 0 Å². The number of nitrogens with zero attached hydrogens (tertiary/aromatic N) is 4. The summed E-state index contributed by atoms with van der Waals surface area (Å²) in [5, 5.41) is 4.01. The first-order chi connectivity index (χ1) is 21.7. The van der Waals surface area contributed by atoms with E-state index in [0.29, 0.717) is 11.9 Å². The number of ether oxygens (including phenoxy) is 2. The van der Waals surface area contributed by atoms with E-state index >= 15 is 0 Å². The highest BCUT2D eigenvalue weighted by Gasteiger charge is 2.35. The number of pyridine rings is 1. The number of aromatic nitrogens is 1. The Morgan fingerprint density at radius 3 is 2.09 bits per heavy atom. The van der Waals surface area contributed by atoms with Crippen molar-refractivity contribution in [3.05, 3.63) is 23.9 Å². The van der Waals surface area contributed by atoms with Crippen LogP contribution in [0.4, 0.5) is 0 Å². The van der Waals surface area contributed by atoms with Gasteiger partial charge in [-0.1, -0.05) is 19.9 Å². The lowest BCUT2D eigenvalue weighted by atomic mass is 9.78. The van der Waals surface area contributed by atoms with Crippen molar-refractivity contribution >= 4 is 0 Å². The van der Waals surface area contributed by atoms with Crippen molar-refractivity contribution in [2.75, 3.05) is 52.4 Å². The molecule has 2 aliphatic heterocycles. The number of nitrogens with one attached hydrogen (secondary N) is 1. The molecule has 4 rings (SSSR count). The predicted octanol–water partition coefficient (Wildman–Crippen LogP) is 6.22. The van der Waals surface area contributed by atoms with E-state index in [-0.39, 0.29) is 39.8 Å². The van der Waals surface area contributed by atoms with Gasteiger partial charge in [0.1, 0.15) is 6.10 Å². The molecule has 0 spiro atoms. The van der Waals surface area contributed by atoms with Gasteiger partial charge in [0, 0.05) is 80.2 Å². The maximum Gasteiger partial charge on any atom is 0.213 e. The smallest absolute Gasteiger partial charge is 0.213 e. The molecule has 3 aliphatic rings. The van der Waals surface area contributed by atoms with Gasteiger partial charge in [0.2, 0.25) is 5.88 Å². The quantitative estimate of drug-likeness (QED) is 0.217. The summed E-state index contributed by atoms with van der Waals surface area (Å²) in [5.41, 5.74) is 7.63. The summed E-state index contributed by atoms with van der Waals surface area (Å²) in [5.74, 6) is 0.716. The molecule has 0 aromatic carbocycles. The number of nitrogens with two attached hydrogens (primary N) is 1. The van der Waals surface area contributed by atoms with E-state index in [4.69, 9.17) is 15.2 Å². The van der Waals surface area contributed by atoms with Gasteiger partial charge in [0.15, 0.2) is 0 Å². The predicted molar refractivity (Wildman–Crippen MR) is 196 cm³/mol. The van der Waals surface area contributed by atoms with Gasteiger partial charge in [-0.3, -0.25) is 14.7 Å². The summed E-state index contributed by atoms with van der Waals surface area (Å²) < 4.78 is 12.5. The molecule has 0 bridgehead atoms. The third-order valence-electron chi connectivity index (χ3n) is 11.5. The maximum absolute atomic E-state index is 6.52. The van der Waals surface area contributed by atoms with Crippen LogP contribution in [-0.2, 0) is 10.2 Å². The second-order valence-corrected chi connectivity index (χ2v) is 18.6. The standard InChI is InChI=1S/C39H72N6O2/c1-35(2,3)44-20-22-45(23-21-44)38(8,9)17-18-39(10,11)46-25-24-43-19-14-32(29-43)42-37(6,7)16-15-36(4,5)30-12-13-34(41-28-30)47-33-26-31(40)27-33/h12-13,28,31-33,42H,14-27,29,40H2,1-11H3/t31?,32-,33?/m0/s1. The van der Waals surface area contributed by atoms with Crippen molar-refractivity contribution in [3.8, 4) is 5.88 Å². The largest absolute Gasteiger partial charge is 0.474 e. The van der Waals surface area contributed by atoms with Gasteiger partial charge in [-0.25, -0.2) is 4.98 Å². The third-order valence-corrected chi connectivity index (χ3v) is 11.5. The van der Waals surface area contributed by atoms with Gasteiger partial charge in [0.05, 0.1) is 12.2 Å². The zero-order valence-electron chi connectivity index (χ0n) is 32.3. The minimum absolute atomic E-state index is 0.0472. The van der Waals surface area contributed by atoms with E-state index in [1.807, 2.05) is 12.3 Å². The van der Waals surface area contributed by atoms with Crippen LogP contribution < -0.4 is 15.8 Å². The van der Waals surface area contributed by atoms with Gasteiger partial charge in [0.25, 0.3) is 0 Å². The molecule has 8 nitrogen and oxygen atoms in total. The van der Waals surface area contributed by atoms with Crippen LogP contribution in [0.5, 0.6) is 5.88 Å². The molecule has 3 fully saturated rings. The Labute approximate surface area is 288 Å². The number of rotatable bonds is 16. The first-order valence-corrected chi connectivity index (χ1v) is 18.8. The summed E-state index contributed by atoms with van der Waals surface area (Å²) in [6.07, 6.45) is 9.72. The zero-order valence-corrected chi connectivity index (χ0v) is 32.3. The van der Waals surface area contributed by atoms with E-state index in [9.17, 15) is 0 Å². The molecule has 0 unspecified atom stereocenters. The minimum Gasteiger partial charge on any atom is -0.474 e. The fourth-order valence-electron chi connectivity index (χ4n) is 7.54. The topological polar surface area (TPSA) is 79.1 Å². The van der Waals surface area contributed by atoms with E-state index < -0.39 is 0 Å². The van der Waals surface area contributed by atoms with Crippen LogP contribution >= 0.6 is 0 Å².